The number of fused-ring (bicyclic) bond motifs is 7. The zero-order chi connectivity index (χ0) is 49.0. The van der Waals surface area contributed by atoms with Crippen LogP contribution in [0.15, 0.2) is 261 Å². The Labute approximate surface area is 428 Å². The Balaban J connectivity index is 0.980. The summed E-state index contributed by atoms with van der Waals surface area (Å²) in [6.07, 6.45) is 7.92. The number of benzene rings is 9. The summed E-state index contributed by atoms with van der Waals surface area (Å²) in [7, 11) is 0. The summed E-state index contributed by atoms with van der Waals surface area (Å²) in [5.41, 5.74) is 17.0. The van der Waals surface area contributed by atoms with Gasteiger partial charge in [-0.1, -0.05) is 224 Å². The number of rotatable bonds is 9. The fourth-order valence-electron chi connectivity index (χ4n) is 11.0. The lowest BCUT2D eigenvalue weighted by Crippen LogP contribution is -2.10. The van der Waals surface area contributed by atoms with Crippen molar-refractivity contribution < 1.29 is 0 Å². The fraction of sp³-hybridized carbons (Fsp3) is 0.0294. The molecule has 0 bridgehead atoms. The average Bonchev–Trinajstić information content (AvgIpc) is 4.01. The molecule has 0 N–H and O–H groups in total. The summed E-state index contributed by atoms with van der Waals surface area (Å²) in [6, 6.07) is 85.6. The molecular formula is C68H46N6. The topological polar surface area (TPSA) is 61.4 Å². The molecule has 0 radical (unpaired) electrons. The van der Waals surface area contributed by atoms with E-state index in [1.165, 1.54) is 38.6 Å². The zero-order valence-electron chi connectivity index (χ0n) is 40.3. The van der Waals surface area contributed by atoms with Crippen LogP contribution in [0.4, 0.5) is 0 Å². The van der Waals surface area contributed by atoms with Crippen molar-refractivity contribution in [3.05, 3.63) is 266 Å². The van der Waals surface area contributed by atoms with Crippen molar-refractivity contribution >= 4 is 49.2 Å². The van der Waals surface area contributed by atoms with Crippen molar-refractivity contribution in [3.63, 3.8) is 0 Å². The second kappa shape index (κ2) is 18.1. The summed E-state index contributed by atoms with van der Waals surface area (Å²) >= 11 is 0. The lowest BCUT2D eigenvalue weighted by atomic mass is 9.94. The molecule has 14 rings (SSSR count). The van der Waals surface area contributed by atoms with E-state index in [4.69, 9.17) is 19.9 Å². The van der Waals surface area contributed by atoms with Gasteiger partial charge in [-0.05, 0) is 76.2 Å². The van der Waals surface area contributed by atoms with E-state index >= 15 is 0 Å². The summed E-state index contributed by atoms with van der Waals surface area (Å²) in [4.78, 5) is 21.4. The van der Waals surface area contributed by atoms with Crippen LogP contribution in [0.25, 0.3) is 123 Å². The third-order valence-corrected chi connectivity index (χ3v) is 14.5. The van der Waals surface area contributed by atoms with E-state index in [9.17, 15) is 0 Å². The number of para-hydroxylation sites is 2. The molecular weight excluding hydrogens is 901 g/mol. The first-order valence-corrected chi connectivity index (χ1v) is 25.2. The quantitative estimate of drug-likeness (QED) is 0.145. The predicted molar refractivity (Wildman–Crippen MR) is 305 cm³/mol. The Hall–Kier alpha value is -9.78. The van der Waals surface area contributed by atoms with Gasteiger partial charge < -0.3 is 4.57 Å². The Bertz CT molecular complexity index is 4270. The SMILES string of the molecule is C1=CC(c2cccc(-c3ccccc3)c2)=CC(n2c3ccccc3c3ccc4c5ccccc5n(-c5nc(-c6ccccc6)nc(-c6cccc(-c7cc(-c8ccccc8)nc(-c8ccccc8)c7)c6)n5)c4c32)C1. The highest BCUT2D eigenvalue weighted by atomic mass is 15.2. The molecule has 4 aromatic heterocycles. The van der Waals surface area contributed by atoms with Crippen LogP contribution >= 0.6 is 0 Å². The number of nitrogens with zero attached hydrogens (tertiary/aromatic N) is 6. The molecule has 74 heavy (non-hydrogen) atoms. The summed E-state index contributed by atoms with van der Waals surface area (Å²) in [6.45, 7) is 0. The minimum absolute atomic E-state index is 0.0179. The van der Waals surface area contributed by atoms with Crippen molar-refractivity contribution in [1.29, 1.82) is 0 Å². The summed E-state index contributed by atoms with van der Waals surface area (Å²) in [5, 5.41) is 4.65. The van der Waals surface area contributed by atoms with Gasteiger partial charge in [0.15, 0.2) is 11.6 Å². The van der Waals surface area contributed by atoms with E-state index in [-0.39, 0.29) is 6.04 Å². The molecule has 1 aliphatic carbocycles. The van der Waals surface area contributed by atoms with Crippen molar-refractivity contribution in [2.45, 2.75) is 12.5 Å². The molecule has 9 aromatic carbocycles. The van der Waals surface area contributed by atoms with Crippen molar-refractivity contribution in [1.82, 2.24) is 29.1 Å². The van der Waals surface area contributed by atoms with E-state index in [2.05, 4.69) is 240 Å². The summed E-state index contributed by atoms with van der Waals surface area (Å²) < 4.78 is 4.86. The molecule has 6 nitrogen and oxygen atoms in total. The van der Waals surface area contributed by atoms with Crippen molar-refractivity contribution in [2.75, 3.05) is 0 Å². The number of hydrogen-bond acceptors (Lipinski definition) is 4. The second-order valence-electron chi connectivity index (χ2n) is 19.0. The van der Waals surface area contributed by atoms with Gasteiger partial charge in [0.1, 0.15) is 0 Å². The fourth-order valence-corrected chi connectivity index (χ4v) is 11.0. The van der Waals surface area contributed by atoms with Gasteiger partial charge in [0.05, 0.1) is 34.0 Å². The lowest BCUT2D eigenvalue weighted by Gasteiger charge is -2.22. The highest BCUT2D eigenvalue weighted by Gasteiger charge is 2.26. The van der Waals surface area contributed by atoms with Crippen LogP contribution in [0.5, 0.6) is 0 Å². The van der Waals surface area contributed by atoms with Crippen LogP contribution in [0.2, 0.25) is 0 Å². The number of pyridine rings is 1. The van der Waals surface area contributed by atoms with Crippen LogP contribution < -0.4 is 0 Å². The van der Waals surface area contributed by atoms with Gasteiger partial charge in [0.25, 0.3) is 0 Å². The van der Waals surface area contributed by atoms with Gasteiger partial charge in [-0.15, -0.1) is 0 Å². The third kappa shape index (κ3) is 7.60. The van der Waals surface area contributed by atoms with Gasteiger partial charge in [-0.3, -0.25) is 4.57 Å². The van der Waals surface area contributed by atoms with Gasteiger partial charge >= 0.3 is 0 Å². The first kappa shape index (κ1) is 43.0. The molecule has 0 aliphatic heterocycles. The van der Waals surface area contributed by atoms with Gasteiger partial charge in [-0.25, -0.2) is 9.97 Å². The molecule has 1 atom stereocenters. The Morgan fingerprint density at radius 2 is 0.824 bits per heavy atom. The maximum absolute atomic E-state index is 5.52. The first-order valence-electron chi connectivity index (χ1n) is 25.2. The number of hydrogen-bond donors (Lipinski definition) is 0. The molecule has 1 aliphatic rings. The standard InChI is InChI=1S/C68H46N6/c1-5-20-45(21-6-1)49-28-17-29-50(40-49)52-31-19-33-55(42-52)73-62-36-15-13-34-56(62)58-38-39-59-57-35-14-16-37-63(57)74(65(59)64(58)73)68-71-66(48-26-11-4-12-27-48)70-67(72-68)53-32-18-30-51(41-53)54-43-60(46-22-7-2-8-23-46)69-61(44-54)47-24-9-3-10-25-47/h1-32,34-44,55H,33H2. The van der Waals surface area contributed by atoms with Gasteiger partial charge in [0, 0.05) is 49.3 Å². The van der Waals surface area contributed by atoms with Gasteiger partial charge in [0.2, 0.25) is 5.95 Å². The normalized spacial score (nSPS) is 13.5. The molecule has 4 heterocycles. The molecule has 348 valence electrons. The third-order valence-electron chi connectivity index (χ3n) is 14.5. The van der Waals surface area contributed by atoms with Crippen molar-refractivity contribution in [3.8, 4) is 73.5 Å². The maximum atomic E-state index is 5.52. The van der Waals surface area contributed by atoms with Gasteiger partial charge in [-0.2, -0.15) is 9.97 Å². The minimum atomic E-state index is 0.0179. The molecule has 0 spiro atoms. The lowest BCUT2D eigenvalue weighted by molar-refractivity contribution is 0.651. The highest BCUT2D eigenvalue weighted by molar-refractivity contribution is 6.23. The van der Waals surface area contributed by atoms with E-state index in [0.717, 1.165) is 78.5 Å². The number of allylic oxidation sites excluding steroid dienone is 4. The monoisotopic (exact) mass is 946 g/mol. The molecule has 13 aromatic rings. The van der Waals surface area contributed by atoms with E-state index in [1.54, 1.807) is 0 Å². The maximum Gasteiger partial charge on any atom is 0.238 e. The van der Waals surface area contributed by atoms with E-state index < -0.39 is 0 Å². The molecule has 6 heteroatoms. The Morgan fingerprint density at radius 3 is 1.49 bits per heavy atom. The second-order valence-corrected chi connectivity index (χ2v) is 19.0. The van der Waals surface area contributed by atoms with Crippen LogP contribution in [-0.2, 0) is 0 Å². The van der Waals surface area contributed by atoms with E-state index in [1.807, 2.05) is 30.3 Å². The molecule has 0 saturated carbocycles. The number of aromatic nitrogens is 6. The molecule has 0 fully saturated rings. The average molecular weight is 947 g/mol. The van der Waals surface area contributed by atoms with Crippen molar-refractivity contribution in [2.24, 2.45) is 0 Å². The molecule has 1 unspecified atom stereocenters. The predicted octanol–water partition coefficient (Wildman–Crippen LogP) is 17.1. The van der Waals surface area contributed by atoms with E-state index in [0.29, 0.717) is 17.6 Å². The zero-order valence-corrected chi connectivity index (χ0v) is 40.3. The first-order chi connectivity index (χ1) is 36.7. The van der Waals surface area contributed by atoms with Crippen LogP contribution in [0, 0.1) is 0 Å². The highest BCUT2D eigenvalue weighted by Crippen LogP contribution is 2.44. The van der Waals surface area contributed by atoms with Crippen LogP contribution in [-0.4, -0.2) is 29.1 Å². The van der Waals surface area contributed by atoms with Crippen LogP contribution in [0.3, 0.4) is 0 Å². The minimum Gasteiger partial charge on any atom is -0.331 e. The molecule has 0 amide bonds. The Morgan fingerprint density at radius 1 is 0.338 bits per heavy atom. The molecule has 0 saturated heterocycles. The Kier molecular flexibility index (Phi) is 10.5. The summed E-state index contributed by atoms with van der Waals surface area (Å²) in [5.74, 6) is 1.73. The largest absolute Gasteiger partial charge is 0.331 e. The van der Waals surface area contributed by atoms with Crippen LogP contribution in [0.1, 0.15) is 18.0 Å². The smallest absolute Gasteiger partial charge is 0.238 e.